The molecule has 5 nitrogen and oxygen atoms in total. The molecule has 2 aromatic heterocycles. The Morgan fingerprint density at radius 3 is 2.56 bits per heavy atom. The van der Waals surface area contributed by atoms with Gasteiger partial charge in [0.1, 0.15) is 12.4 Å². The predicted octanol–water partition coefficient (Wildman–Crippen LogP) is 1.47. The number of hydrogen-bond donors (Lipinski definition) is 1. The molecule has 0 spiro atoms. The van der Waals surface area contributed by atoms with Crippen molar-refractivity contribution < 1.29 is 0 Å². The minimum atomic E-state index is 0.225. The lowest BCUT2D eigenvalue weighted by Gasteiger charge is -2.01. The fourth-order valence-electron chi connectivity index (χ4n) is 1.23. The zero-order valence-electron chi connectivity index (χ0n) is 8.46. The quantitative estimate of drug-likeness (QED) is 0.778. The Morgan fingerprint density at radius 2 is 1.94 bits per heavy atom. The van der Waals surface area contributed by atoms with Crippen molar-refractivity contribution in [3.63, 3.8) is 0 Å². The van der Waals surface area contributed by atoms with Gasteiger partial charge in [-0.3, -0.25) is 4.98 Å². The molecule has 0 amide bonds. The summed E-state index contributed by atoms with van der Waals surface area (Å²) in [5.74, 6) is 0.597. The molecular formula is C11H9N5. The van der Waals surface area contributed by atoms with Gasteiger partial charge in [0.25, 0.3) is 0 Å². The zero-order chi connectivity index (χ0) is 11.2. The van der Waals surface area contributed by atoms with Crippen molar-refractivity contribution in [2.45, 2.75) is 0 Å². The molecule has 0 aliphatic carbocycles. The van der Waals surface area contributed by atoms with Gasteiger partial charge in [0, 0.05) is 18.0 Å². The molecule has 0 fully saturated rings. The van der Waals surface area contributed by atoms with E-state index in [0.29, 0.717) is 5.82 Å². The van der Waals surface area contributed by atoms with E-state index >= 15 is 0 Å². The maximum atomic E-state index is 8.39. The highest BCUT2D eigenvalue weighted by molar-refractivity contribution is 5.58. The highest BCUT2D eigenvalue weighted by atomic mass is 15.2. The molecule has 0 atom stereocenters. The predicted molar refractivity (Wildman–Crippen MR) is 59.4 cm³/mol. The number of nitrogens with zero attached hydrogens (tertiary/aromatic N) is 4. The standard InChI is InChI=1S/C11H9N5/c12-5-8-14-11-2-1-10(15-16-11)9-3-6-13-7-4-9/h1-4,6-7H,8H2,(H,14,16). The lowest BCUT2D eigenvalue weighted by atomic mass is 10.2. The lowest BCUT2D eigenvalue weighted by molar-refractivity contribution is 1.03. The molecule has 2 rings (SSSR count). The van der Waals surface area contributed by atoms with Crippen molar-refractivity contribution in [3.05, 3.63) is 36.7 Å². The normalized spacial score (nSPS) is 9.44. The summed E-state index contributed by atoms with van der Waals surface area (Å²) in [7, 11) is 0. The second-order valence-electron chi connectivity index (χ2n) is 3.05. The smallest absolute Gasteiger partial charge is 0.149 e. The Morgan fingerprint density at radius 1 is 1.12 bits per heavy atom. The largest absolute Gasteiger partial charge is 0.356 e. The number of rotatable bonds is 3. The van der Waals surface area contributed by atoms with Crippen LogP contribution in [0.2, 0.25) is 0 Å². The molecule has 78 valence electrons. The Bertz CT molecular complexity index is 486. The van der Waals surface area contributed by atoms with E-state index in [1.807, 2.05) is 24.3 Å². The van der Waals surface area contributed by atoms with Crippen LogP contribution in [0, 0.1) is 11.3 Å². The first-order chi connectivity index (χ1) is 7.90. The van der Waals surface area contributed by atoms with Crippen molar-refractivity contribution in [1.29, 1.82) is 5.26 Å². The summed E-state index contributed by atoms with van der Waals surface area (Å²) in [5, 5.41) is 19.2. The third kappa shape index (κ3) is 2.30. The van der Waals surface area contributed by atoms with E-state index in [2.05, 4.69) is 20.5 Å². The van der Waals surface area contributed by atoms with Crippen molar-refractivity contribution in [3.8, 4) is 17.3 Å². The van der Waals surface area contributed by atoms with E-state index in [1.54, 1.807) is 18.5 Å². The number of pyridine rings is 1. The Balaban J connectivity index is 2.17. The van der Waals surface area contributed by atoms with Gasteiger partial charge in [0.2, 0.25) is 0 Å². The Labute approximate surface area is 92.8 Å². The van der Waals surface area contributed by atoms with Gasteiger partial charge in [-0.25, -0.2) is 0 Å². The van der Waals surface area contributed by atoms with Gasteiger partial charge in [0.15, 0.2) is 0 Å². The molecule has 2 heterocycles. The van der Waals surface area contributed by atoms with Crippen LogP contribution < -0.4 is 5.32 Å². The summed E-state index contributed by atoms with van der Waals surface area (Å²) >= 11 is 0. The van der Waals surface area contributed by atoms with Crippen LogP contribution in [-0.2, 0) is 0 Å². The van der Waals surface area contributed by atoms with Crippen LogP contribution in [0.15, 0.2) is 36.7 Å². The van der Waals surface area contributed by atoms with Crippen LogP contribution in [0.1, 0.15) is 0 Å². The molecule has 0 saturated carbocycles. The number of nitriles is 1. The van der Waals surface area contributed by atoms with E-state index in [4.69, 9.17) is 5.26 Å². The first kappa shape index (κ1) is 10.1. The summed E-state index contributed by atoms with van der Waals surface area (Å²) < 4.78 is 0. The molecule has 0 aliphatic rings. The molecule has 1 N–H and O–H groups in total. The number of nitrogens with one attached hydrogen (secondary N) is 1. The summed E-state index contributed by atoms with van der Waals surface area (Å²) in [6, 6.07) is 9.35. The summed E-state index contributed by atoms with van der Waals surface area (Å²) in [5.41, 5.74) is 1.75. The van der Waals surface area contributed by atoms with E-state index in [0.717, 1.165) is 11.3 Å². The molecule has 0 aliphatic heterocycles. The molecule has 0 unspecified atom stereocenters. The minimum absolute atomic E-state index is 0.225. The van der Waals surface area contributed by atoms with Gasteiger partial charge >= 0.3 is 0 Å². The maximum Gasteiger partial charge on any atom is 0.149 e. The monoisotopic (exact) mass is 211 g/mol. The minimum Gasteiger partial charge on any atom is -0.356 e. The second-order valence-corrected chi connectivity index (χ2v) is 3.05. The van der Waals surface area contributed by atoms with Crippen LogP contribution >= 0.6 is 0 Å². The average molecular weight is 211 g/mol. The van der Waals surface area contributed by atoms with Crippen LogP contribution in [0.4, 0.5) is 5.82 Å². The highest BCUT2D eigenvalue weighted by Gasteiger charge is 1.99. The molecule has 5 heteroatoms. The highest BCUT2D eigenvalue weighted by Crippen LogP contribution is 2.15. The van der Waals surface area contributed by atoms with Crippen LogP contribution in [0.3, 0.4) is 0 Å². The van der Waals surface area contributed by atoms with Crippen molar-refractivity contribution in [2.24, 2.45) is 0 Å². The lowest BCUT2D eigenvalue weighted by Crippen LogP contribution is -2.01. The van der Waals surface area contributed by atoms with Crippen LogP contribution in [-0.4, -0.2) is 21.7 Å². The van der Waals surface area contributed by atoms with E-state index in [9.17, 15) is 0 Å². The summed E-state index contributed by atoms with van der Waals surface area (Å²) in [6.07, 6.45) is 3.41. The number of hydrogen-bond acceptors (Lipinski definition) is 5. The van der Waals surface area contributed by atoms with Gasteiger partial charge in [0.05, 0.1) is 11.8 Å². The second kappa shape index (κ2) is 4.84. The first-order valence-corrected chi connectivity index (χ1v) is 4.75. The fraction of sp³-hybridized carbons (Fsp3) is 0.0909. The Hall–Kier alpha value is -2.48. The molecule has 0 radical (unpaired) electrons. The number of aromatic nitrogens is 3. The van der Waals surface area contributed by atoms with Gasteiger partial charge in [-0.05, 0) is 24.3 Å². The molecular weight excluding hydrogens is 202 g/mol. The maximum absolute atomic E-state index is 8.39. The summed E-state index contributed by atoms with van der Waals surface area (Å²) in [4.78, 5) is 3.93. The van der Waals surface area contributed by atoms with E-state index in [-0.39, 0.29) is 6.54 Å². The van der Waals surface area contributed by atoms with Crippen molar-refractivity contribution in [2.75, 3.05) is 11.9 Å². The van der Waals surface area contributed by atoms with E-state index in [1.165, 1.54) is 0 Å². The molecule has 0 saturated heterocycles. The van der Waals surface area contributed by atoms with Crippen molar-refractivity contribution in [1.82, 2.24) is 15.2 Å². The average Bonchev–Trinajstić information content (AvgIpc) is 2.38. The number of anilines is 1. The fourth-order valence-corrected chi connectivity index (χ4v) is 1.23. The molecule has 0 bridgehead atoms. The molecule has 2 aromatic rings. The summed E-state index contributed by atoms with van der Waals surface area (Å²) in [6.45, 7) is 0.225. The van der Waals surface area contributed by atoms with Crippen LogP contribution in [0.5, 0.6) is 0 Å². The first-order valence-electron chi connectivity index (χ1n) is 4.75. The molecule has 16 heavy (non-hydrogen) atoms. The zero-order valence-corrected chi connectivity index (χ0v) is 8.46. The van der Waals surface area contributed by atoms with Crippen molar-refractivity contribution >= 4 is 5.82 Å². The van der Waals surface area contributed by atoms with Gasteiger partial charge in [-0.1, -0.05) is 0 Å². The SMILES string of the molecule is N#CCNc1ccc(-c2ccncc2)nn1. The third-order valence-corrected chi connectivity index (χ3v) is 1.99. The third-order valence-electron chi connectivity index (χ3n) is 1.99. The topological polar surface area (TPSA) is 74.5 Å². The van der Waals surface area contributed by atoms with E-state index < -0.39 is 0 Å². The van der Waals surface area contributed by atoms with Gasteiger partial charge in [-0.2, -0.15) is 5.26 Å². The Kier molecular flexibility index (Phi) is 3.04. The van der Waals surface area contributed by atoms with Gasteiger partial charge in [-0.15, -0.1) is 10.2 Å². The van der Waals surface area contributed by atoms with Gasteiger partial charge < -0.3 is 5.32 Å². The molecule has 0 aromatic carbocycles. The van der Waals surface area contributed by atoms with Crippen LogP contribution in [0.25, 0.3) is 11.3 Å².